The molecule has 1 aliphatic rings. The van der Waals surface area contributed by atoms with Crippen molar-refractivity contribution in [3.8, 4) is 0 Å². The van der Waals surface area contributed by atoms with Crippen LogP contribution in [-0.2, 0) is 0 Å². The van der Waals surface area contributed by atoms with Crippen molar-refractivity contribution in [3.63, 3.8) is 0 Å². The van der Waals surface area contributed by atoms with Gasteiger partial charge in [0.2, 0.25) is 0 Å². The number of benzene rings is 1. The highest BCUT2D eigenvalue weighted by Gasteiger charge is 2.21. The first kappa shape index (κ1) is 13.3. The van der Waals surface area contributed by atoms with Crippen LogP contribution in [0.3, 0.4) is 0 Å². The Morgan fingerprint density at radius 1 is 1.50 bits per heavy atom. The minimum Gasteiger partial charge on any atom is -0.371 e. The van der Waals surface area contributed by atoms with Gasteiger partial charge >= 0.3 is 0 Å². The molecule has 0 aromatic heterocycles. The molecule has 1 heterocycles. The predicted molar refractivity (Wildman–Crippen MR) is 74.2 cm³/mol. The Kier molecular flexibility index (Phi) is 4.23. The van der Waals surface area contributed by atoms with E-state index in [9.17, 15) is 4.39 Å². The molecule has 0 amide bonds. The van der Waals surface area contributed by atoms with Crippen molar-refractivity contribution in [1.29, 1.82) is 0 Å². The molecule has 0 radical (unpaired) electrons. The first-order valence-corrected chi connectivity index (χ1v) is 6.91. The highest BCUT2D eigenvalue weighted by atomic mass is 19.1. The van der Waals surface area contributed by atoms with E-state index in [1.165, 1.54) is 25.3 Å². The summed E-state index contributed by atoms with van der Waals surface area (Å²) in [5, 5.41) is 0. The van der Waals surface area contributed by atoms with Gasteiger partial charge < -0.3 is 10.6 Å². The van der Waals surface area contributed by atoms with Crippen molar-refractivity contribution < 1.29 is 4.39 Å². The van der Waals surface area contributed by atoms with Crippen LogP contribution in [0.1, 0.15) is 44.7 Å². The second-order valence-corrected chi connectivity index (χ2v) is 5.35. The zero-order valence-electron chi connectivity index (χ0n) is 11.3. The Labute approximate surface area is 109 Å². The lowest BCUT2D eigenvalue weighted by atomic mass is 9.94. The van der Waals surface area contributed by atoms with Gasteiger partial charge in [-0.25, -0.2) is 4.39 Å². The van der Waals surface area contributed by atoms with Crippen molar-refractivity contribution in [2.24, 2.45) is 11.7 Å². The summed E-state index contributed by atoms with van der Waals surface area (Å²) < 4.78 is 13.3. The molecule has 0 saturated carbocycles. The van der Waals surface area contributed by atoms with Gasteiger partial charge in [0.15, 0.2) is 0 Å². The maximum atomic E-state index is 13.3. The summed E-state index contributed by atoms with van der Waals surface area (Å²) in [5.41, 5.74) is 8.00. The van der Waals surface area contributed by atoms with Crippen LogP contribution in [-0.4, -0.2) is 13.1 Å². The van der Waals surface area contributed by atoms with Crippen LogP contribution in [0.25, 0.3) is 0 Å². The van der Waals surface area contributed by atoms with E-state index in [1.54, 1.807) is 6.07 Å². The maximum Gasteiger partial charge on any atom is 0.123 e. The van der Waals surface area contributed by atoms with E-state index in [0.717, 1.165) is 30.3 Å². The van der Waals surface area contributed by atoms with Gasteiger partial charge in [0.25, 0.3) is 0 Å². The van der Waals surface area contributed by atoms with Crippen LogP contribution in [0.15, 0.2) is 18.2 Å². The van der Waals surface area contributed by atoms with Gasteiger partial charge in [-0.2, -0.15) is 0 Å². The summed E-state index contributed by atoms with van der Waals surface area (Å²) in [4.78, 5) is 2.37. The van der Waals surface area contributed by atoms with Crippen LogP contribution in [0, 0.1) is 11.7 Å². The van der Waals surface area contributed by atoms with Gasteiger partial charge in [-0.15, -0.1) is 0 Å². The fourth-order valence-electron chi connectivity index (χ4n) is 2.80. The molecular formula is C15H23FN2. The normalized spacial score (nSPS) is 22.0. The summed E-state index contributed by atoms with van der Waals surface area (Å²) in [6.07, 6.45) is 3.74. The third kappa shape index (κ3) is 2.83. The summed E-state index contributed by atoms with van der Waals surface area (Å²) in [6.45, 7) is 6.29. The molecule has 1 saturated heterocycles. The Morgan fingerprint density at radius 3 is 2.94 bits per heavy atom. The number of hydrogen-bond acceptors (Lipinski definition) is 2. The zero-order chi connectivity index (χ0) is 13.1. The van der Waals surface area contributed by atoms with Crippen molar-refractivity contribution in [1.82, 2.24) is 0 Å². The fraction of sp³-hybridized carbons (Fsp3) is 0.600. The largest absolute Gasteiger partial charge is 0.371 e. The molecule has 0 spiro atoms. The maximum absolute atomic E-state index is 13.3. The number of piperidine rings is 1. The number of nitrogens with two attached hydrogens (primary N) is 1. The average molecular weight is 250 g/mol. The smallest absolute Gasteiger partial charge is 0.123 e. The van der Waals surface area contributed by atoms with Crippen molar-refractivity contribution in [2.45, 2.75) is 39.2 Å². The second-order valence-electron chi connectivity index (χ2n) is 5.35. The third-order valence-electron chi connectivity index (χ3n) is 3.92. The molecule has 1 aromatic carbocycles. The van der Waals surface area contributed by atoms with Crippen molar-refractivity contribution >= 4 is 5.69 Å². The van der Waals surface area contributed by atoms with Gasteiger partial charge in [0, 0.05) is 24.8 Å². The quantitative estimate of drug-likeness (QED) is 0.890. The monoisotopic (exact) mass is 250 g/mol. The van der Waals surface area contributed by atoms with E-state index in [2.05, 4.69) is 11.8 Å². The van der Waals surface area contributed by atoms with Gasteiger partial charge in [0.05, 0.1) is 0 Å². The van der Waals surface area contributed by atoms with Crippen LogP contribution in [0.5, 0.6) is 0 Å². The second kappa shape index (κ2) is 5.70. The summed E-state index contributed by atoms with van der Waals surface area (Å²) in [5.74, 6) is 0.555. The Hall–Kier alpha value is -1.09. The van der Waals surface area contributed by atoms with Crippen molar-refractivity contribution in [2.75, 3.05) is 18.0 Å². The van der Waals surface area contributed by atoms with E-state index in [0.29, 0.717) is 0 Å². The molecule has 18 heavy (non-hydrogen) atoms. The van der Waals surface area contributed by atoms with Crippen LogP contribution < -0.4 is 10.6 Å². The molecule has 0 aliphatic carbocycles. The van der Waals surface area contributed by atoms with Crippen molar-refractivity contribution in [3.05, 3.63) is 29.6 Å². The summed E-state index contributed by atoms with van der Waals surface area (Å²) >= 11 is 0. The predicted octanol–water partition coefficient (Wildman–Crippen LogP) is 3.47. The van der Waals surface area contributed by atoms with E-state index in [-0.39, 0.29) is 11.9 Å². The lowest BCUT2D eigenvalue weighted by Gasteiger charge is -2.35. The van der Waals surface area contributed by atoms with Gasteiger partial charge in [-0.1, -0.05) is 13.3 Å². The van der Waals surface area contributed by atoms with Gasteiger partial charge in [-0.05, 0) is 49.4 Å². The molecule has 2 N–H and O–H groups in total. The third-order valence-corrected chi connectivity index (χ3v) is 3.92. The lowest BCUT2D eigenvalue weighted by Crippen LogP contribution is -2.36. The molecular weight excluding hydrogens is 227 g/mol. The number of halogens is 1. The average Bonchev–Trinajstić information content (AvgIpc) is 2.38. The Balaban J connectivity index is 2.26. The minimum absolute atomic E-state index is 0.127. The SMILES string of the molecule is CCC1CCCN(c2ccc(F)cc2C(C)N)C1. The van der Waals surface area contributed by atoms with E-state index in [4.69, 9.17) is 5.73 Å². The first-order valence-electron chi connectivity index (χ1n) is 6.91. The molecule has 2 nitrogen and oxygen atoms in total. The molecule has 1 aromatic rings. The number of nitrogens with zero attached hydrogens (tertiary/aromatic N) is 1. The highest BCUT2D eigenvalue weighted by Crippen LogP contribution is 2.30. The number of hydrogen-bond donors (Lipinski definition) is 1. The first-order chi connectivity index (χ1) is 8.61. The summed E-state index contributed by atoms with van der Waals surface area (Å²) in [7, 11) is 0. The Morgan fingerprint density at radius 2 is 2.28 bits per heavy atom. The molecule has 0 bridgehead atoms. The lowest BCUT2D eigenvalue weighted by molar-refractivity contribution is 0.404. The summed E-state index contributed by atoms with van der Waals surface area (Å²) in [6, 6.07) is 4.87. The topological polar surface area (TPSA) is 29.3 Å². The van der Waals surface area contributed by atoms with E-state index < -0.39 is 0 Å². The number of rotatable bonds is 3. The molecule has 2 rings (SSSR count). The zero-order valence-corrected chi connectivity index (χ0v) is 11.3. The minimum atomic E-state index is -0.199. The highest BCUT2D eigenvalue weighted by molar-refractivity contribution is 5.55. The molecule has 100 valence electrons. The van der Waals surface area contributed by atoms with E-state index in [1.807, 2.05) is 13.0 Å². The van der Waals surface area contributed by atoms with Crippen LogP contribution in [0.2, 0.25) is 0 Å². The van der Waals surface area contributed by atoms with E-state index >= 15 is 0 Å². The number of anilines is 1. The van der Waals surface area contributed by atoms with Gasteiger partial charge in [0.1, 0.15) is 5.82 Å². The van der Waals surface area contributed by atoms with Crippen LogP contribution in [0.4, 0.5) is 10.1 Å². The fourth-order valence-corrected chi connectivity index (χ4v) is 2.80. The molecule has 2 atom stereocenters. The standard InChI is InChI=1S/C15H23FN2/c1-3-12-5-4-8-18(10-12)15-7-6-13(16)9-14(15)11(2)17/h6-7,9,11-12H,3-5,8,10,17H2,1-2H3. The molecule has 1 aliphatic heterocycles. The molecule has 1 fully saturated rings. The molecule has 3 heteroatoms. The van der Waals surface area contributed by atoms with Crippen LogP contribution >= 0.6 is 0 Å². The Bertz CT molecular complexity index is 403. The molecule has 2 unspecified atom stereocenters. The van der Waals surface area contributed by atoms with Gasteiger partial charge in [-0.3, -0.25) is 0 Å².